The number of halogens is 6. The zero-order chi connectivity index (χ0) is 26.2. The summed E-state index contributed by atoms with van der Waals surface area (Å²) in [6.45, 7) is 7.41. The Bertz CT molecular complexity index is 1000. The minimum atomic E-state index is -10.7. The van der Waals surface area contributed by atoms with E-state index >= 15 is 0 Å². The number of aromatic nitrogens is 1. The standard InChI is InChI=1S/C26H32NO.F6P/c1-4-6-13-22(5-2)20-28-27-25(23-14-9-7-10-15-23)18-21(3)19-26(27)24-16-11-8-12-17-24;1-7(2,3,4,5)6/h7-12,14-19,22H,4-6,13,20H2,1-3H3;/q+1;-1. The van der Waals surface area contributed by atoms with E-state index in [1.165, 1.54) is 36.0 Å². The number of benzene rings is 2. The van der Waals surface area contributed by atoms with E-state index in [0.29, 0.717) is 5.92 Å². The number of nitrogens with zero attached hydrogens (tertiary/aromatic N) is 1. The number of unbranched alkanes of at least 4 members (excludes halogenated alkanes) is 1. The van der Waals surface area contributed by atoms with Gasteiger partial charge in [-0.05, 0) is 55.5 Å². The quantitative estimate of drug-likeness (QED) is 0.156. The Morgan fingerprint density at radius 1 is 0.771 bits per heavy atom. The molecule has 0 aliphatic carbocycles. The Labute approximate surface area is 202 Å². The predicted octanol–water partition coefficient (Wildman–Crippen LogP) is 9.64. The topological polar surface area (TPSA) is 13.1 Å². The van der Waals surface area contributed by atoms with Crippen molar-refractivity contribution in [2.45, 2.75) is 46.5 Å². The van der Waals surface area contributed by atoms with E-state index in [1.807, 2.05) is 4.73 Å². The molecule has 2 nitrogen and oxygen atoms in total. The molecule has 0 bridgehead atoms. The summed E-state index contributed by atoms with van der Waals surface area (Å²) >= 11 is 0. The number of hydrogen-bond donors (Lipinski definition) is 0. The zero-order valence-electron chi connectivity index (χ0n) is 20.1. The first kappa shape index (κ1) is 28.6. The third-order valence-electron chi connectivity index (χ3n) is 5.29. The van der Waals surface area contributed by atoms with Gasteiger partial charge in [-0.1, -0.05) is 63.1 Å². The number of rotatable bonds is 9. The van der Waals surface area contributed by atoms with Crippen LogP contribution in [0, 0.1) is 12.8 Å². The SMILES string of the molecule is CCCCC(CC)CO[n+]1c(-c2ccccc2)cc(C)cc1-c1ccccc1.F[P-](F)(F)(F)(F)F. The summed E-state index contributed by atoms with van der Waals surface area (Å²) in [5.74, 6) is 0.584. The van der Waals surface area contributed by atoms with Crippen molar-refractivity contribution in [2.24, 2.45) is 5.92 Å². The molecule has 3 aromatic rings. The van der Waals surface area contributed by atoms with Gasteiger partial charge in [0.2, 0.25) is 0 Å². The predicted molar refractivity (Wildman–Crippen MR) is 131 cm³/mol. The molecule has 0 aliphatic rings. The molecular weight excluding hydrogens is 487 g/mol. The average Bonchev–Trinajstić information content (AvgIpc) is 2.78. The van der Waals surface area contributed by atoms with Crippen LogP contribution in [0.25, 0.3) is 22.5 Å². The summed E-state index contributed by atoms with van der Waals surface area (Å²) in [4.78, 5) is 6.50. The van der Waals surface area contributed by atoms with Crippen LogP contribution in [0.4, 0.5) is 25.2 Å². The van der Waals surface area contributed by atoms with Crippen LogP contribution in [0.2, 0.25) is 0 Å². The van der Waals surface area contributed by atoms with Crippen LogP contribution in [-0.4, -0.2) is 6.61 Å². The fraction of sp³-hybridized carbons (Fsp3) is 0.346. The van der Waals surface area contributed by atoms with Crippen LogP contribution in [0.5, 0.6) is 0 Å². The van der Waals surface area contributed by atoms with Gasteiger partial charge in [-0.25, -0.2) is 0 Å². The first-order valence-corrected chi connectivity index (χ1v) is 13.6. The molecule has 0 spiro atoms. The van der Waals surface area contributed by atoms with Gasteiger partial charge < -0.3 is 0 Å². The van der Waals surface area contributed by atoms with Crippen molar-refractivity contribution in [2.75, 3.05) is 6.61 Å². The molecule has 1 aromatic heterocycles. The van der Waals surface area contributed by atoms with Crippen LogP contribution in [0.3, 0.4) is 0 Å². The van der Waals surface area contributed by atoms with Gasteiger partial charge >= 0.3 is 33.0 Å². The molecule has 0 saturated carbocycles. The van der Waals surface area contributed by atoms with Crippen LogP contribution in [0.1, 0.15) is 45.1 Å². The third kappa shape index (κ3) is 11.6. The number of hydrogen-bond acceptors (Lipinski definition) is 1. The monoisotopic (exact) mass is 519 g/mol. The van der Waals surface area contributed by atoms with Crippen molar-refractivity contribution >= 4 is 7.81 Å². The van der Waals surface area contributed by atoms with Crippen LogP contribution < -0.4 is 9.57 Å². The van der Waals surface area contributed by atoms with Gasteiger partial charge in [-0.15, -0.1) is 0 Å². The van der Waals surface area contributed by atoms with Gasteiger partial charge in [0, 0.05) is 16.9 Å². The van der Waals surface area contributed by atoms with E-state index in [2.05, 4.69) is 93.6 Å². The minimum absolute atomic E-state index is 0.584. The molecule has 0 fully saturated rings. The Morgan fingerprint density at radius 2 is 1.20 bits per heavy atom. The molecule has 1 heterocycles. The van der Waals surface area contributed by atoms with Gasteiger partial charge in [0.25, 0.3) is 11.4 Å². The molecule has 9 heteroatoms. The van der Waals surface area contributed by atoms with E-state index in [-0.39, 0.29) is 0 Å². The maximum absolute atomic E-state index is 10.7. The normalized spacial score (nSPS) is 14.2. The summed E-state index contributed by atoms with van der Waals surface area (Å²) in [5, 5.41) is 0. The molecule has 0 amide bonds. The van der Waals surface area contributed by atoms with Gasteiger partial charge in [0.1, 0.15) is 0 Å². The summed E-state index contributed by atoms with van der Waals surface area (Å²) in [5.41, 5.74) is 5.78. The fourth-order valence-electron chi connectivity index (χ4n) is 3.56. The molecule has 0 N–H and O–H groups in total. The van der Waals surface area contributed by atoms with Crippen LogP contribution >= 0.6 is 7.81 Å². The molecule has 0 radical (unpaired) electrons. The van der Waals surface area contributed by atoms with Crippen molar-refractivity contribution < 1.29 is 34.7 Å². The molecule has 0 aliphatic heterocycles. The van der Waals surface area contributed by atoms with Gasteiger partial charge in [-0.3, -0.25) is 4.84 Å². The van der Waals surface area contributed by atoms with Crippen molar-refractivity contribution in [1.82, 2.24) is 0 Å². The Hall–Kier alpha value is -2.60. The number of pyridine rings is 1. The van der Waals surface area contributed by atoms with Crippen molar-refractivity contribution in [3.05, 3.63) is 78.4 Å². The Balaban J connectivity index is 0.000000540. The second kappa shape index (κ2) is 11.0. The summed E-state index contributed by atoms with van der Waals surface area (Å²) in [7, 11) is -10.7. The van der Waals surface area contributed by atoms with Crippen LogP contribution in [0.15, 0.2) is 72.8 Å². The summed E-state index contributed by atoms with van der Waals surface area (Å²) < 4.78 is 61.2. The molecule has 1 atom stereocenters. The molecule has 194 valence electrons. The Kier molecular flexibility index (Phi) is 8.99. The van der Waals surface area contributed by atoms with Crippen LogP contribution in [-0.2, 0) is 0 Å². The van der Waals surface area contributed by atoms with E-state index in [4.69, 9.17) is 4.84 Å². The second-order valence-corrected chi connectivity index (χ2v) is 10.4. The second-order valence-electron chi connectivity index (χ2n) is 8.50. The molecule has 1 unspecified atom stereocenters. The zero-order valence-corrected chi connectivity index (χ0v) is 21.0. The molecule has 2 aromatic carbocycles. The first-order valence-electron chi connectivity index (χ1n) is 11.5. The van der Waals surface area contributed by atoms with E-state index in [1.54, 1.807) is 0 Å². The summed E-state index contributed by atoms with van der Waals surface area (Å²) in [6.07, 6.45) is 4.87. The molecule has 3 rings (SSSR count). The summed E-state index contributed by atoms with van der Waals surface area (Å²) in [6, 6.07) is 25.5. The van der Waals surface area contributed by atoms with E-state index < -0.39 is 7.81 Å². The maximum atomic E-state index is 9.87. The number of aryl methyl sites for hydroxylation is 1. The average molecular weight is 520 g/mol. The molecule has 35 heavy (non-hydrogen) atoms. The van der Waals surface area contributed by atoms with Gasteiger partial charge in [0.05, 0.1) is 11.1 Å². The third-order valence-corrected chi connectivity index (χ3v) is 5.29. The Morgan fingerprint density at radius 3 is 1.57 bits per heavy atom. The molecular formula is C26H32F6NOP. The fourth-order valence-corrected chi connectivity index (χ4v) is 3.56. The first-order chi connectivity index (χ1) is 16.2. The van der Waals surface area contributed by atoms with Crippen molar-refractivity contribution in [3.8, 4) is 22.5 Å². The van der Waals surface area contributed by atoms with E-state index in [0.717, 1.165) is 24.4 Å². The van der Waals surface area contributed by atoms with Crippen molar-refractivity contribution in [1.29, 1.82) is 0 Å². The van der Waals surface area contributed by atoms with Gasteiger partial charge in [0.15, 0.2) is 6.61 Å². The van der Waals surface area contributed by atoms with Gasteiger partial charge in [-0.2, -0.15) is 0 Å². The van der Waals surface area contributed by atoms with Crippen molar-refractivity contribution in [3.63, 3.8) is 0 Å². The molecule has 0 saturated heterocycles. The van der Waals surface area contributed by atoms with E-state index in [9.17, 15) is 25.2 Å².